The monoisotopic (exact) mass is 341 g/mol. The third kappa shape index (κ3) is 4.38. The Bertz CT molecular complexity index is 661. The van der Waals surface area contributed by atoms with E-state index in [1.807, 2.05) is 13.8 Å². The number of nitrogens with one attached hydrogen (secondary N) is 1. The highest BCUT2D eigenvalue weighted by molar-refractivity contribution is 7.99. The fraction of sp³-hybridized carbons (Fsp3) is 0.357. The van der Waals surface area contributed by atoms with Crippen LogP contribution < -0.4 is 10.1 Å². The number of amides is 1. The van der Waals surface area contributed by atoms with E-state index in [2.05, 4.69) is 15.5 Å². The van der Waals surface area contributed by atoms with Crippen molar-refractivity contribution >= 4 is 35.0 Å². The number of carbonyl (C=O) groups is 1. The molecule has 0 radical (unpaired) electrons. The quantitative estimate of drug-likeness (QED) is 0.809. The zero-order valence-corrected chi connectivity index (χ0v) is 14.0. The van der Waals surface area contributed by atoms with E-state index in [0.29, 0.717) is 27.6 Å². The summed E-state index contributed by atoms with van der Waals surface area (Å²) in [5.74, 6) is 1.27. The molecule has 2 aromatic rings. The lowest BCUT2D eigenvalue weighted by Gasteiger charge is -2.07. The van der Waals surface area contributed by atoms with E-state index >= 15 is 0 Å². The molecule has 8 heteroatoms. The van der Waals surface area contributed by atoms with Crippen molar-refractivity contribution < 1.29 is 13.9 Å². The van der Waals surface area contributed by atoms with Crippen molar-refractivity contribution in [3.8, 4) is 5.75 Å². The molecule has 0 atom stereocenters. The van der Waals surface area contributed by atoms with Crippen LogP contribution in [0.1, 0.15) is 25.7 Å². The maximum Gasteiger partial charge on any atom is 0.277 e. The van der Waals surface area contributed by atoms with Crippen LogP contribution in [0.5, 0.6) is 5.75 Å². The van der Waals surface area contributed by atoms with Crippen LogP contribution in [-0.2, 0) is 4.79 Å². The summed E-state index contributed by atoms with van der Waals surface area (Å²) in [6.45, 7) is 3.92. The third-order valence-corrected chi connectivity index (χ3v) is 3.79. The van der Waals surface area contributed by atoms with Crippen molar-refractivity contribution in [2.75, 3.05) is 18.2 Å². The van der Waals surface area contributed by atoms with Gasteiger partial charge in [-0.1, -0.05) is 37.2 Å². The van der Waals surface area contributed by atoms with Gasteiger partial charge in [0.15, 0.2) is 0 Å². The summed E-state index contributed by atoms with van der Waals surface area (Å²) in [6.07, 6.45) is 0. The van der Waals surface area contributed by atoms with Gasteiger partial charge in [-0.25, -0.2) is 0 Å². The molecule has 0 aliphatic rings. The molecule has 6 nitrogen and oxygen atoms in total. The number of methoxy groups -OCH3 is 1. The first-order valence-electron chi connectivity index (χ1n) is 6.59. The molecule has 0 bridgehead atoms. The molecule has 0 saturated heterocycles. The summed E-state index contributed by atoms with van der Waals surface area (Å²) in [5, 5.41) is 11.4. The zero-order valence-electron chi connectivity index (χ0n) is 12.4. The molecule has 22 heavy (non-hydrogen) atoms. The van der Waals surface area contributed by atoms with E-state index < -0.39 is 0 Å². The number of rotatable bonds is 6. The smallest absolute Gasteiger partial charge is 0.277 e. The first kappa shape index (κ1) is 16.6. The Morgan fingerprint density at radius 3 is 2.82 bits per heavy atom. The maximum atomic E-state index is 11.9. The van der Waals surface area contributed by atoms with Gasteiger partial charge in [0.1, 0.15) is 5.75 Å². The predicted octanol–water partition coefficient (Wildman–Crippen LogP) is 3.59. The van der Waals surface area contributed by atoms with E-state index in [1.54, 1.807) is 18.2 Å². The molecule has 1 aromatic carbocycles. The third-order valence-electron chi connectivity index (χ3n) is 2.68. The molecule has 0 saturated carbocycles. The van der Waals surface area contributed by atoms with Crippen molar-refractivity contribution in [1.82, 2.24) is 10.2 Å². The highest BCUT2D eigenvalue weighted by Gasteiger charge is 2.12. The highest BCUT2D eigenvalue weighted by atomic mass is 35.5. The fourth-order valence-electron chi connectivity index (χ4n) is 1.58. The molecular weight excluding hydrogens is 326 g/mol. The second-order valence-electron chi connectivity index (χ2n) is 4.75. The molecule has 0 fully saturated rings. The Kier molecular flexibility index (Phi) is 5.68. The van der Waals surface area contributed by atoms with Crippen molar-refractivity contribution in [3.63, 3.8) is 0 Å². The number of halogens is 1. The molecule has 118 valence electrons. The average molecular weight is 342 g/mol. The van der Waals surface area contributed by atoms with Gasteiger partial charge in [0, 0.05) is 11.6 Å². The Morgan fingerprint density at radius 1 is 1.45 bits per heavy atom. The second-order valence-corrected chi connectivity index (χ2v) is 6.08. The fourth-order valence-corrected chi connectivity index (χ4v) is 2.41. The lowest BCUT2D eigenvalue weighted by molar-refractivity contribution is -0.113. The Labute approximate surface area is 137 Å². The number of carbonyl (C=O) groups excluding carboxylic acids is 1. The van der Waals surface area contributed by atoms with E-state index in [4.69, 9.17) is 20.8 Å². The van der Waals surface area contributed by atoms with Gasteiger partial charge in [0.2, 0.25) is 11.8 Å². The first-order valence-corrected chi connectivity index (χ1v) is 7.95. The summed E-state index contributed by atoms with van der Waals surface area (Å²) in [5.41, 5.74) is 0.602. The molecule has 0 spiro atoms. The van der Waals surface area contributed by atoms with Crippen LogP contribution in [0.2, 0.25) is 5.02 Å². The Balaban J connectivity index is 1.88. The molecule has 1 amide bonds. The molecule has 0 aliphatic carbocycles. The second kappa shape index (κ2) is 7.51. The van der Waals surface area contributed by atoms with Gasteiger partial charge in [0.25, 0.3) is 5.22 Å². The number of anilines is 1. The molecule has 2 rings (SSSR count). The largest absolute Gasteiger partial charge is 0.495 e. The molecule has 1 heterocycles. The van der Waals surface area contributed by atoms with Crippen LogP contribution in [0.15, 0.2) is 27.8 Å². The van der Waals surface area contributed by atoms with Crippen LogP contribution in [0, 0.1) is 0 Å². The number of benzene rings is 1. The molecule has 1 N–H and O–H groups in total. The predicted molar refractivity (Wildman–Crippen MR) is 85.7 cm³/mol. The SMILES string of the molecule is COc1ccc(NC(=O)CSc2nnc(C(C)C)o2)cc1Cl. The maximum absolute atomic E-state index is 11.9. The normalized spacial score (nSPS) is 10.8. The van der Waals surface area contributed by atoms with Crippen LogP contribution in [0.25, 0.3) is 0 Å². The standard InChI is InChI=1S/C14H16ClN3O3S/c1-8(2)13-17-18-14(21-13)22-7-12(19)16-9-4-5-11(20-3)10(15)6-9/h4-6,8H,7H2,1-3H3,(H,16,19). The summed E-state index contributed by atoms with van der Waals surface area (Å²) in [7, 11) is 1.53. The number of thioether (sulfide) groups is 1. The molecule has 0 unspecified atom stereocenters. The van der Waals surface area contributed by atoms with E-state index in [1.165, 1.54) is 18.9 Å². The van der Waals surface area contributed by atoms with Crippen molar-refractivity contribution in [3.05, 3.63) is 29.1 Å². The van der Waals surface area contributed by atoms with Crippen LogP contribution in [0.4, 0.5) is 5.69 Å². The van der Waals surface area contributed by atoms with E-state index in [-0.39, 0.29) is 17.6 Å². The van der Waals surface area contributed by atoms with Crippen LogP contribution in [-0.4, -0.2) is 29.0 Å². The molecular formula is C14H16ClN3O3S. The average Bonchev–Trinajstić information content (AvgIpc) is 2.94. The van der Waals surface area contributed by atoms with Crippen LogP contribution in [0.3, 0.4) is 0 Å². The van der Waals surface area contributed by atoms with E-state index in [0.717, 1.165) is 0 Å². The topological polar surface area (TPSA) is 77.2 Å². The summed E-state index contributed by atoms with van der Waals surface area (Å²) >= 11 is 7.19. The summed E-state index contributed by atoms with van der Waals surface area (Å²) in [6, 6.07) is 5.04. The zero-order chi connectivity index (χ0) is 16.1. The Morgan fingerprint density at radius 2 is 2.23 bits per heavy atom. The van der Waals surface area contributed by atoms with Gasteiger partial charge in [-0.05, 0) is 18.2 Å². The lowest BCUT2D eigenvalue weighted by Crippen LogP contribution is -2.14. The van der Waals surface area contributed by atoms with Crippen molar-refractivity contribution in [2.24, 2.45) is 0 Å². The minimum Gasteiger partial charge on any atom is -0.495 e. The molecule has 1 aromatic heterocycles. The Hall–Kier alpha value is -1.73. The minimum absolute atomic E-state index is 0.164. The van der Waals surface area contributed by atoms with E-state index in [9.17, 15) is 4.79 Å². The number of hydrogen-bond donors (Lipinski definition) is 1. The number of aromatic nitrogens is 2. The van der Waals surface area contributed by atoms with Gasteiger partial charge in [-0.15, -0.1) is 10.2 Å². The van der Waals surface area contributed by atoms with Gasteiger partial charge < -0.3 is 14.5 Å². The van der Waals surface area contributed by atoms with Crippen molar-refractivity contribution in [2.45, 2.75) is 25.0 Å². The number of ether oxygens (including phenoxy) is 1. The summed E-state index contributed by atoms with van der Waals surface area (Å²) in [4.78, 5) is 11.9. The van der Waals surface area contributed by atoms with Gasteiger partial charge in [0.05, 0.1) is 17.9 Å². The number of hydrogen-bond acceptors (Lipinski definition) is 6. The highest BCUT2D eigenvalue weighted by Crippen LogP contribution is 2.27. The van der Waals surface area contributed by atoms with Gasteiger partial charge in [-0.2, -0.15) is 0 Å². The van der Waals surface area contributed by atoms with Crippen molar-refractivity contribution in [1.29, 1.82) is 0 Å². The first-order chi connectivity index (χ1) is 10.5. The minimum atomic E-state index is -0.185. The summed E-state index contributed by atoms with van der Waals surface area (Å²) < 4.78 is 10.5. The van der Waals surface area contributed by atoms with Gasteiger partial charge in [-0.3, -0.25) is 4.79 Å². The number of nitrogens with zero attached hydrogens (tertiary/aromatic N) is 2. The lowest BCUT2D eigenvalue weighted by atomic mass is 10.2. The van der Waals surface area contributed by atoms with Gasteiger partial charge >= 0.3 is 0 Å². The molecule has 0 aliphatic heterocycles. The van der Waals surface area contributed by atoms with Crippen LogP contribution >= 0.6 is 23.4 Å².